The summed E-state index contributed by atoms with van der Waals surface area (Å²) in [5, 5.41) is 9.37. The maximum Gasteiger partial charge on any atom is 0.216 e. The van der Waals surface area contributed by atoms with Crippen LogP contribution in [0.5, 0.6) is 11.6 Å². The highest BCUT2D eigenvalue weighted by atomic mass is 19.1. The lowest BCUT2D eigenvalue weighted by Crippen LogP contribution is -1.91. The first-order chi connectivity index (χ1) is 8.83. The van der Waals surface area contributed by atoms with E-state index in [0.717, 1.165) is 6.07 Å². The van der Waals surface area contributed by atoms with Gasteiger partial charge in [0.05, 0.1) is 11.2 Å². The first kappa shape index (κ1) is 7.22. The Morgan fingerprint density at radius 3 is 2.94 bits per heavy atom. The molecule has 1 heterocycles. The van der Waals surface area contributed by atoms with Gasteiger partial charge < -0.3 is 9.84 Å². The number of halogens is 1. The predicted molar refractivity (Wildman–Crippen MR) is 57.8 cm³/mol. The molecule has 0 bridgehead atoms. The van der Waals surface area contributed by atoms with Crippen molar-refractivity contribution < 1.29 is 18.3 Å². The third kappa shape index (κ3) is 2.11. The normalized spacial score (nSPS) is 13.7. The van der Waals surface area contributed by atoms with Crippen LogP contribution in [0, 0.1) is 5.95 Å². The molecule has 0 unspecified atom stereocenters. The molecular weight excluding hydrogens is 209 g/mol. The average molecular weight is 222 g/mol. The SMILES string of the molecule is [2H]C([2H])([2H])Oc1cc(-c2cccc(O)c2)cc(F)n1. The minimum absolute atomic E-state index is 0.0213. The van der Waals surface area contributed by atoms with E-state index in [2.05, 4.69) is 9.72 Å². The number of hydrogen-bond acceptors (Lipinski definition) is 3. The molecule has 0 aliphatic rings. The van der Waals surface area contributed by atoms with Gasteiger partial charge in [-0.2, -0.15) is 9.37 Å². The Kier molecular flexibility index (Phi) is 1.89. The van der Waals surface area contributed by atoms with E-state index < -0.39 is 13.0 Å². The fourth-order valence-electron chi connectivity index (χ4n) is 1.38. The molecule has 1 aromatic carbocycles. The van der Waals surface area contributed by atoms with Crippen LogP contribution in [-0.4, -0.2) is 17.1 Å². The first-order valence-corrected chi connectivity index (χ1v) is 4.49. The molecule has 0 saturated heterocycles. The summed E-state index contributed by atoms with van der Waals surface area (Å²) in [5.74, 6) is -1.17. The lowest BCUT2D eigenvalue weighted by Gasteiger charge is -2.05. The quantitative estimate of drug-likeness (QED) is 0.794. The zero-order valence-electron chi connectivity index (χ0n) is 11.1. The van der Waals surface area contributed by atoms with Crippen molar-refractivity contribution >= 4 is 0 Å². The minimum atomic E-state index is -2.70. The first-order valence-electron chi connectivity index (χ1n) is 5.99. The van der Waals surface area contributed by atoms with E-state index >= 15 is 0 Å². The number of phenols is 1. The van der Waals surface area contributed by atoms with Crippen LogP contribution in [0.25, 0.3) is 11.1 Å². The number of nitrogens with zero attached hydrogens (tertiary/aromatic N) is 1. The molecule has 1 N–H and O–H groups in total. The van der Waals surface area contributed by atoms with Crippen molar-refractivity contribution in [3.63, 3.8) is 0 Å². The molecule has 0 amide bonds. The molecular formula is C12H10FNO2. The highest BCUT2D eigenvalue weighted by Crippen LogP contribution is 2.25. The van der Waals surface area contributed by atoms with Gasteiger partial charge in [0.15, 0.2) is 0 Å². The summed E-state index contributed by atoms with van der Waals surface area (Å²) < 4.78 is 38.8. The third-order valence-electron chi connectivity index (χ3n) is 2.05. The van der Waals surface area contributed by atoms with E-state index in [-0.39, 0.29) is 11.6 Å². The fourth-order valence-corrected chi connectivity index (χ4v) is 1.38. The number of pyridine rings is 1. The number of rotatable bonds is 2. The van der Waals surface area contributed by atoms with Crippen molar-refractivity contribution in [2.24, 2.45) is 0 Å². The molecule has 0 fully saturated rings. The smallest absolute Gasteiger partial charge is 0.216 e. The van der Waals surface area contributed by atoms with E-state index in [0.29, 0.717) is 11.1 Å². The van der Waals surface area contributed by atoms with Crippen molar-refractivity contribution in [3.8, 4) is 22.8 Å². The Morgan fingerprint density at radius 2 is 2.19 bits per heavy atom. The van der Waals surface area contributed by atoms with Gasteiger partial charge in [0.2, 0.25) is 11.8 Å². The van der Waals surface area contributed by atoms with Crippen LogP contribution in [-0.2, 0) is 0 Å². The summed E-state index contributed by atoms with van der Waals surface area (Å²) in [7, 11) is -2.70. The van der Waals surface area contributed by atoms with E-state index in [1.54, 1.807) is 12.1 Å². The van der Waals surface area contributed by atoms with Crippen LogP contribution in [0.1, 0.15) is 4.11 Å². The number of hydrogen-bond donors (Lipinski definition) is 1. The van der Waals surface area contributed by atoms with Gasteiger partial charge in [-0.05, 0) is 23.3 Å². The molecule has 0 saturated carbocycles. The van der Waals surface area contributed by atoms with Crippen molar-refractivity contribution in [1.29, 1.82) is 0 Å². The zero-order valence-corrected chi connectivity index (χ0v) is 8.14. The third-order valence-corrected chi connectivity index (χ3v) is 2.05. The minimum Gasteiger partial charge on any atom is -0.508 e. The summed E-state index contributed by atoms with van der Waals surface area (Å²) >= 11 is 0. The molecule has 4 heteroatoms. The van der Waals surface area contributed by atoms with Crippen LogP contribution < -0.4 is 4.74 Å². The van der Waals surface area contributed by atoms with Crippen LogP contribution in [0.4, 0.5) is 4.39 Å². The van der Waals surface area contributed by atoms with Gasteiger partial charge in [-0.3, -0.25) is 0 Å². The molecule has 0 aliphatic carbocycles. The molecule has 0 spiro atoms. The summed E-state index contributed by atoms with van der Waals surface area (Å²) in [5.41, 5.74) is 0.888. The Balaban J connectivity index is 2.42. The van der Waals surface area contributed by atoms with Crippen molar-refractivity contribution in [1.82, 2.24) is 4.98 Å². The predicted octanol–water partition coefficient (Wildman–Crippen LogP) is 2.60. The number of aromatic nitrogens is 1. The number of aromatic hydroxyl groups is 1. The molecule has 82 valence electrons. The molecule has 0 aliphatic heterocycles. The molecule has 16 heavy (non-hydrogen) atoms. The van der Waals surface area contributed by atoms with E-state index in [1.807, 2.05) is 0 Å². The van der Waals surface area contributed by atoms with Crippen LogP contribution in [0.3, 0.4) is 0 Å². The van der Waals surface area contributed by atoms with Gasteiger partial charge in [-0.25, -0.2) is 0 Å². The molecule has 3 nitrogen and oxygen atoms in total. The summed E-state index contributed by atoms with van der Waals surface area (Å²) in [6, 6.07) is 8.56. The lowest BCUT2D eigenvalue weighted by atomic mass is 10.1. The molecule has 2 rings (SSSR count). The second-order valence-corrected chi connectivity index (χ2v) is 3.17. The number of benzene rings is 1. The lowest BCUT2D eigenvalue weighted by molar-refractivity contribution is 0.388. The van der Waals surface area contributed by atoms with Gasteiger partial charge >= 0.3 is 0 Å². The second-order valence-electron chi connectivity index (χ2n) is 3.17. The molecule has 0 radical (unpaired) electrons. The molecule has 0 atom stereocenters. The summed E-state index contributed by atoms with van der Waals surface area (Å²) in [6.07, 6.45) is 0. The summed E-state index contributed by atoms with van der Waals surface area (Å²) in [6.45, 7) is 0. The van der Waals surface area contributed by atoms with Gasteiger partial charge in [0, 0.05) is 12.1 Å². The van der Waals surface area contributed by atoms with E-state index in [1.165, 1.54) is 18.2 Å². The maximum absolute atomic E-state index is 13.4. The number of phenolic OH excluding ortho intramolecular Hbond substituents is 1. The van der Waals surface area contributed by atoms with Gasteiger partial charge in [0.1, 0.15) is 5.75 Å². The second kappa shape index (κ2) is 4.18. The van der Waals surface area contributed by atoms with Gasteiger partial charge in [-0.1, -0.05) is 12.1 Å². The van der Waals surface area contributed by atoms with Crippen molar-refractivity contribution in [2.45, 2.75) is 0 Å². The number of methoxy groups -OCH3 is 1. The monoisotopic (exact) mass is 222 g/mol. The maximum atomic E-state index is 13.4. The van der Waals surface area contributed by atoms with Crippen molar-refractivity contribution in [2.75, 3.05) is 7.04 Å². The van der Waals surface area contributed by atoms with Gasteiger partial charge in [0.25, 0.3) is 0 Å². The average Bonchev–Trinajstić information content (AvgIpc) is 2.25. The van der Waals surface area contributed by atoms with Crippen LogP contribution in [0.2, 0.25) is 0 Å². The largest absolute Gasteiger partial charge is 0.508 e. The Morgan fingerprint density at radius 1 is 1.31 bits per heavy atom. The topological polar surface area (TPSA) is 42.4 Å². The zero-order chi connectivity index (χ0) is 14.0. The standard InChI is InChI=1S/C12H10FNO2/c1-16-12-7-9(6-11(13)14-12)8-3-2-4-10(15)5-8/h2-7,15H,1H3/i1D3. The highest BCUT2D eigenvalue weighted by Gasteiger charge is 2.05. The Bertz CT molecular complexity index is 602. The highest BCUT2D eigenvalue weighted by molar-refractivity contribution is 5.65. The van der Waals surface area contributed by atoms with Crippen LogP contribution >= 0.6 is 0 Å². The number of ether oxygens (including phenoxy) is 1. The van der Waals surface area contributed by atoms with Crippen LogP contribution in [0.15, 0.2) is 36.4 Å². The Labute approximate surface area is 96.4 Å². The van der Waals surface area contributed by atoms with E-state index in [4.69, 9.17) is 4.11 Å². The van der Waals surface area contributed by atoms with Crippen molar-refractivity contribution in [3.05, 3.63) is 42.3 Å². The Hall–Kier alpha value is -2.10. The molecule has 2 aromatic rings. The molecule has 1 aromatic heterocycles. The van der Waals surface area contributed by atoms with Gasteiger partial charge in [-0.15, -0.1) is 0 Å². The fraction of sp³-hybridized carbons (Fsp3) is 0.0833. The van der Waals surface area contributed by atoms with E-state index in [9.17, 15) is 9.50 Å². The summed E-state index contributed by atoms with van der Waals surface area (Å²) in [4.78, 5) is 3.36.